The second-order valence-corrected chi connectivity index (χ2v) is 5.37. The molecule has 1 aromatic rings. The number of rotatable bonds is 3. The van der Waals surface area contributed by atoms with Crippen molar-refractivity contribution in [2.75, 3.05) is 13.1 Å². The van der Waals surface area contributed by atoms with E-state index in [4.69, 9.17) is 0 Å². The molecule has 1 saturated heterocycles. The predicted octanol–water partition coefficient (Wildman–Crippen LogP) is 3.20. The van der Waals surface area contributed by atoms with Gasteiger partial charge in [-0.2, -0.15) is 0 Å². The zero-order valence-corrected chi connectivity index (χ0v) is 11.5. The van der Waals surface area contributed by atoms with Gasteiger partial charge in [-0.05, 0) is 59.6 Å². The van der Waals surface area contributed by atoms with Crippen molar-refractivity contribution in [3.8, 4) is 0 Å². The molecule has 1 aliphatic heterocycles. The number of aliphatic carboxylic acids is 1. The summed E-state index contributed by atoms with van der Waals surface area (Å²) in [6, 6.07) is 3.73. The van der Waals surface area contributed by atoms with E-state index >= 15 is 0 Å². The van der Waals surface area contributed by atoms with Crippen molar-refractivity contribution in [2.24, 2.45) is 0 Å². The minimum Gasteiger partial charge on any atom is -0.480 e. The molecule has 0 spiro atoms. The minimum atomic E-state index is -0.879. The van der Waals surface area contributed by atoms with E-state index in [1.165, 1.54) is 6.07 Å². The van der Waals surface area contributed by atoms with Gasteiger partial charge < -0.3 is 5.11 Å². The van der Waals surface area contributed by atoms with Crippen LogP contribution < -0.4 is 0 Å². The van der Waals surface area contributed by atoms with E-state index in [0.717, 1.165) is 32.4 Å². The molecular weight excluding hydrogens is 301 g/mol. The summed E-state index contributed by atoms with van der Waals surface area (Å²) in [6.07, 6.45) is 3.19. The van der Waals surface area contributed by atoms with Crippen LogP contribution in [0, 0.1) is 5.82 Å². The second-order valence-electron chi connectivity index (χ2n) is 4.51. The maximum Gasteiger partial charge on any atom is 0.325 e. The highest BCUT2D eigenvalue weighted by atomic mass is 79.9. The Labute approximate surface area is 114 Å². The first-order valence-electron chi connectivity index (χ1n) is 6.01. The first kappa shape index (κ1) is 13.5. The maximum atomic E-state index is 13.2. The van der Waals surface area contributed by atoms with Gasteiger partial charge in [0.25, 0.3) is 0 Å². The van der Waals surface area contributed by atoms with Gasteiger partial charge in [0, 0.05) is 0 Å². The summed E-state index contributed by atoms with van der Waals surface area (Å²) < 4.78 is 13.5. The Hall–Kier alpha value is -0.940. The number of benzene rings is 1. The lowest BCUT2D eigenvalue weighted by Gasteiger charge is -2.32. The second kappa shape index (κ2) is 5.80. The van der Waals surface area contributed by atoms with Crippen molar-refractivity contribution in [1.82, 2.24) is 4.90 Å². The molecule has 18 heavy (non-hydrogen) atoms. The average molecular weight is 316 g/mol. The van der Waals surface area contributed by atoms with Gasteiger partial charge in [0.1, 0.15) is 11.9 Å². The highest BCUT2D eigenvalue weighted by molar-refractivity contribution is 9.10. The fourth-order valence-electron chi connectivity index (χ4n) is 2.37. The summed E-state index contributed by atoms with van der Waals surface area (Å²) in [5.74, 6) is -1.25. The summed E-state index contributed by atoms with van der Waals surface area (Å²) in [5.41, 5.74) is 0.623. The monoisotopic (exact) mass is 315 g/mol. The smallest absolute Gasteiger partial charge is 0.325 e. The van der Waals surface area contributed by atoms with Crippen molar-refractivity contribution in [1.29, 1.82) is 0 Å². The van der Waals surface area contributed by atoms with Gasteiger partial charge in [-0.3, -0.25) is 9.69 Å². The normalized spacial score (nSPS) is 18.6. The van der Waals surface area contributed by atoms with Crippen LogP contribution in [-0.4, -0.2) is 29.1 Å². The zero-order chi connectivity index (χ0) is 13.1. The highest BCUT2D eigenvalue weighted by Gasteiger charge is 2.28. The molecule has 1 unspecified atom stereocenters. The van der Waals surface area contributed by atoms with Crippen LogP contribution in [0.5, 0.6) is 0 Å². The Morgan fingerprint density at radius 3 is 2.56 bits per heavy atom. The molecule has 5 heteroatoms. The molecule has 1 atom stereocenters. The zero-order valence-electron chi connectivity index (χ0n) is 9.90. The SMILES string of the molecule is O=C(O)C(c1ccc(F)c(Br)c1)N1CCCCC1. The molecule has 0 aliphatic carbocycles. The quantitative estimate of drug-likeness (QED) is 0.931. The van der Waals surface area contributed by atoms with E-state index in [2.05, 4.69) is 15.9 Å². The van der Waals surface area contributed by atoms with Gasteiger partial charge in [0.2, 0.25) is 0 Å². The van der Waals surface area contributed by atoms with Crippen LogP contribution in [0.1, 0.15) is 30.9 Å². The average Bonchev–Trinajstić information content (AvgIpc) is 2.35. The molecule has 1 N–H and O–H groups in total. The molecule has 0 amide bonds. The van der Waals surface area contributed by atoms with Crippen molar-refractivity contribution in [3.05, 3.63) is 34.1 Å². The summed E-state index contributed by atoms with van der Waals surface area (Å²) in [6.45, 7) is 1.57. The summed E-state index contributed by atoms with van der Waals surface area (Å²) in [4.78, 5) is 13.4. The lowest BCUT2D eigenvalue weighted by Crippen LogP contribution is -2.37. The highest BCUT2D eigenvalue weighted by Crippen LogP contribution is 2.28. The maximum absolute atomic E-state index is 13.2. The molecule has 98 valence electrons. The van der Waals surface area contributed by atoms with Crippen molar-refractivity contribution < 1.29 is 14.3 Å². The molecule has 1 aliphatic rings. The van der Waals surface area contributed by atoms with Crippen LogP contribution in [0.3, 0.4) is 0 Å². The van der Waals surface area contributed by atoms with Crippen molar-refractivity contribution >= 4 is 21.9 Å². The van der Waals surface area contributed by atoms with Crippen LogP contribution in [-0.2, 0) is 4.79 Å². The Bertz CT molecular complexity index is 447. The first-order valence-corrected chi connectivity index (χ1v) is 6.80. The van der Waals surface area contributed by atoms with Gasteiger partial charge in [-0.1, -0.05) is 12.5 Å². The molecular formula is C13H15BrFNO2. The molecule has 1 aromatic carbocycles. The third-order valence-corrected chi connectivity index (χ3v) is 3.86. The molecule has 2 rings (SSSR count). The fourth-order valence-corrected chi connectivity index (χ4v) is 2.77. The van der Waals surface area contributed by atoms with Gasteiger partial charge in [-0.25, -0.2) is 4.39 Å². The van der Waals surface area contributed by atoms with Crippen LogP contribution in [0.15, 0.2) is 22.7 Å². The van der Waals surface area contributed by atoms with Gasteiger partial charge in [-0.15, -0.1) is 0 Å². The van der Waals surface area contributed by atoms with E-state index in [1.54, 1.807) is 12.1 Å². The van der Waals surface area contributed by atoms with E-state index in [0.29, 0.717) is 10.0 Å². The van der Waals surface area contributed by atoms with Crippen molar-refractivity contribution in [3.63, 3.8) is 0 Å². The summed E-state index contributed by atoms with van der Waals surface area (Å²) in [7, 11) is 0. The van der Waals surface area contributed by atoms with Crippen LogP contribution in [0.25, 0.3) is 0 Å². The lowest BCUT2D eigenvalue weighted by molar-refractivity contribution is -0.144. The number of carboxylic acids is 1. The Kier molecular flexibility index (Phi) is 4.35. The van der Waals surface area contributed by atoms with Crippen LogP contribution >= 0.6 is 15.9 Å². The number of likely N-dealkylation sites (tertiary alicyclic amines) is 1. The Morgan fingerprint density at radius 1 is 1.33 bits per heavy atom. The molecule has 0 radical (unpaired) electrons. The molecule has 0 aromatic heterocycles. The summed E-state index contributed by atoms with van der Waals surface area (Å²) >= 11 is 3.10. The van der Waals surface area contributed by atoms with E-state index in [9.17, 15) is 14.3 Å². The standard InChI is InChI=1S/C13H15BrFNO2/c14-10-8-9(4-5-11(10)15)12(13(17)18)16-6-2-1-3-7-16/h4-5,8,12H,1-3,6-7H2,(H,17,18). The molecule has 0 bridgehead atoms. The molecule has 3 nitrogen and oxygen atoms in total. The van der Waals surface area contributed by atoms with Gasteiger partial charge >= 0.3 is 5.97 Å². The van der Waals surface area contributed by atoms with E-state index < -0.39 is 12.0 Å². The van der Waals surface area contributed by atoms with E-state index in [-0.39, 0.29) is 5.82 Å². The Morgan fingerprint density at radius 2 is 2.00 bits per heavy atom. The molecule has 1 fully saturated rings. The number of piperidine rings is 1. The van der Waals surface area contributed by atoms with Gasteiger partial charge in [0.15, 0.2) is 0 Å². The minimum absolute atomic E-state index is 0.309. The fraction of sp³-hybridized carbons (Fsp3) is 0.462. The number of carboxylic acid groups (broad SMARTS) is 1. The third-order valence-electron chi connectivity index (χ3n) is 3.25. The number of halogens is 2. The predicted molar refractivity (Wildman–Crippen MR) is 69.9 cm³/mol. The summed E-state index contributed by atoms with van der Waals surface area (Å²) in [5, 5.41) is 9.39. The largest absolute Gasteiger partial charge is 0.480 e. The number of hydrogen-bond acceptors (Lipinski definition) is 2. The number of nitrogens with zero attached hydrogens (tertiary/aromatic N) is 1. The molecule has 1 heterocycles. The lowest BCUT2D eigenvalue weighted by atomic mass is 10.0. The third kappa shape index (κ3) is 2.90. The number of hydrogen-bond donors (Lipinski definition) is 1. The first-order chi connectivity index (χ1) is 8.59. The molecule has 0 saturated carbocycles. The van der Waals surface area contributed by atoms with E-state index in [1.807, 2.05) is 4.90 Å². The van der Waals surface area contributed by atoms with Crippen molar-refractivity contribution in [2.45, 2.75) is 25.3 Å². The van der Waals surface area contributed by atoms with Crippen LogP contribution in [0.4, 0.5) is 4.39 Å². The van der Waals surface area contributed by atoms with Gasteiger partial charge in [0.05, 0.1) is 4.47 Å². The van der Waals surface area contributed by atoms with Crippen LogP contribution in [0.2, 0.25) is 0 Å². The number of carbonyl (C=O) groups is 1. The topological polar surface area (TPSA) is 40.5 Å². The Balaban J connectivity index is 2.28.